The minimum absolute atomic E-state index is 0.142. The van der Waals surface area contributed by atoms with Crippen LogP contribution in [-0.4, -0.2) is 35.3 Å². The van der Waals surface area contributed by atoms with E-state index >= 15 is 0 Å². The molecule has 0 bridgehead atoms. The summed E-state index contributed by atoms with van der Waals surface area (Å²) in [6.07, 6.45) is -2.93. The van der Waals surface area contributed by atoms with Gasteiger partial charge in [-0.3, -0.25) is 4.79 Å². The van der Waals surface area contributed by atoms with Gasteiger partial charge in [-0.05, 0) is 31.9 Å². The van der Waals surface area contributed by atoms with E-state index < -0.39 is 23.7 Å². The lowest BCUT2D eigenvalue weighted by Gasteiger charge is -2.35. The Morgan fingerprint density at radius 1 is 1.24 bits per heavy atom. The summed E-state index contributed by atoms with van der Waals surface area (Å²) in [4.78, 5) is 27.9. The summed E-state index contributed by atoms with van der Waals surface area (Å²) in [5.74, 6) is -2.77. The summed E-state index contributed by atoms with van der Waals surface area (Å²) in [5, 5.41) is 3.77. The molecule has 0 spiro atoms. The number of halogens is 3. The molecule has 0 aliphatic heterocycles. The summed E-state index contributed by atoms with van der Waals surface area (Å²) in [6, 6.07) is 2.81. The first-order chi connectivity index (χ1) is 11.7. The minimum atomic E-state index is -5.15. The van der Waals surface area contributed by atoms with E-state index in [2.05, 4.69) is 9.72 Å². The maximum atomic E-state index is 13.8. The van der Waals surface area contributed by atoms with Gasteiger partial charge in [0, 0.05) is 12.6 Å². The van der Waals surface area contributed by atoms with Gasteiger partial charge in [0.1, 0.15) is 5.82 Å². The lowest BCUT2D eigenvalue weighted by molar-refractivity contribution is -0.208. The average Bonchev–Trinajstić information content (AvgIpc) is 2.53. The molecule has 1 aromatic rings. The van der Waals surface area contributed by atoms with Gasteiger partial charge in [-0.2, -0.15) is 13.2 Å². The Bertz CT molecular complexity index is 591. The van der Waals surface area contributed by atoms with E-state index in [-0.39, 0.29) is 18.8 Å². The van der Waals surface area contributed by atoms with Crippen LogP contribution in [0.2, 0.25) is 0 Å². The number of ether oxygens (including phenoxy) is 1. The highest BCUT2D eigenvalue weighted by Crippen LogP contribution is 2.33. The molecule has 0 unspecified atom stereocenters. The van der Waals surface area contributed by atoms with Crippen molar-refractivity contribution < 1.29 is 27.5 Å². The highest BCUT2D eigenvalue weighted by Gasteiger charge is 2.63. The van der Waals surface area contributed by atoms with Gasteiger partial charge in [0.25, 0.3) is 0 Å². The van der Waals surface area contributed by atoms with Crippen molar-refractivity contribution >= 4 is 17.7 Å². The molecule has 0 fully saturated rings. The molecule has 1 rings (SSSR count). The topological polar surface area (TPSA) is 80.3 Å². The molecular formula is C16H22F3N3O3. The van der Waals surface area contributed by atoms with Gasteiger partial charge >= 0.3 is 17.8 Å². The zero-order chi connectivity index (χ0) is 19.1. The highest BCUT2D eigenvalue weighted by molar-refractivity contribution is 5.91. The van der Waals surface area contributed by atoms with Crippen LogP contribution in [0.5, 0.6) is 0 Å². The first-order valence-electron chi connectivity index (χ1n) is 7.92. The molecule has 6 nitrogen and oxygen atoms in total. The van der Waals surface area contributed by atoms with Crippen molar-refractivity contribution in [2.45, 2.75) is 51.9 Å². The molecule has 1 atom stereocenters. The zero-order valence-corrected chi connectivity index (χ0v) is 14.4. The quantitative estimate of drug-likeness (QED) is 0.550. The van der Waals surface area contributed by atoms with Gasteiger partial charge in [-0.1, -0.05) is 19.4 Å². The monoisotopic (exact) mass is 361 g/mol. The summed E-state index contributed by atoms with van der Waals surface area (Å²) < 4.78 is 45.9. The Labute approximate surface area is 144 Å². The number of hydrogen-bond acceptors (Lipinski definition) is 5. The van der Waals surface area contributed by atoms with Gasteiger partial charge in [0.2, 0.25) is 5.91 Å². The molecule has 0 saturated carbocycles. The normalized spacial score (nSPS) is 13.7. The number of pyridine rings is 1. The summed E-state index contributed by atoms with van der Waals surface area (Å²) in [6.45, 7) is 4.61. The van der Waals surface area contributed by atoms with Crippen LogP contribution in [0.3, 0.4) is 0 Å². The average molecular weight is 361 g/mol. The van der Waals surface area contributed by atoms with Crippen molar-refractivity contribution in [2.75, 3.05) is 11.9 Å². The van der Waals surface area contributed by atoms with Crippen molar-refractivity contribution in [3.05, 3.63) is 23.9 Å². The molecule has 1 amide bonds. The largest absolute Gasteiger partial charge is 0.463 e. The highest BCUT2D eigenvalue weighted by atomic mass is 19.4. The molecule has 25 heavy (non-hydrogen) atoms. The van der Waals surface area contributed by atoms with Crippen LogP contribution in [0.1, 0.15) is 38.7 Å². The van der Waals surface area contributed by atoms with E-state index in [0.29, 0.717) is 12.8 Å². The number of nitrogens with zero attached hydrogens (tertiary/aromatic N) is 1. The lowest BCUT2D eigenvalue weighted by Crippen LogP contribution is -2.69. The van der Waals surface area contributed by atoms with Gasteiger partial charge in [0.05, 0.1) is 6.61 Å². The predicted molar refractivity (Wildman–Crippen MR) is 85.7 cm³/mol. The fourth-order valence-corrected chi connectivity index (χ4v) is 1.97. The molecule has 1 heterocycles. The molecule has 0 saturated heterocycles. The number of hydrogen-bond donors (Lipinski definition) is 2. The number of carbonyl (C=O) groups is 2. The first kappa shape index (κ1) is 20.7. The Balaban J connectivity index is 3.26. The Kier molecular flexibility index (Phi) is 7.20. The van der Waals surface area contributed by atoms with Gasteiger partial charge in [-0.15, -0.1) is 0 Å². The third-order valence-electron chi connectivity index (χ3n) is 3.32. The standard InChI is InChI=1S/C16H22F3N3O3/c1-4-6-7-13(23)22-15(16(17,18)19,14(24)25-5-2)21-12-9-8-11(3)10-20-12/h8-10H,4-7H2,1-3H3,(H,20,21)(H,22,23)/t15-/m0/s1. The fourth-order valence-electron chi connectivity index (χ4n) is 1.97. The molecule has 2 N–H and O–H groups in total. The summed E-state index contributed by atoms with van der Waals surface area (Å²) >= 11 is 0. The number of aryl methyl sites for hydroxylation is 1. The Morgan fingerprint density at radius 2 is 1.92 bits per heavy atom. The molecule has 0 radical (unpaired) electrons. The van der Waals surface area contributed by atoms with Crippen LogP contribution in [0.4, 0.5) is 19.0 Å². The van der Waals surface area contributed by atoms with Gasteiger partial charge in [-0.25, -0.2) is 9.78 Å². The number of amides is 1. The van der Waals surface area contributed by atoms with Crippen LogP contribution in [0, 0.1) is 6.92 Å². The van der Waals surface area contributed by atoms with Gasteiger partial charge in [0.15, 0.2) is 0 Å². The van der Waals surface area contributed by atoms with E-state index in [1.165, 1.54) is 25.3 Å². The first-order valence-corrected chi connectivity index (χ1v) is 7.92. The second-order valence-electron chi connectivity index (χ2n) is 5.47. The van der Waals surface area contributed by atoms with Crippen LogP contribution in [0.15, 0.2) is 18.3 Å². The van der Waals surface area contributed by atoms with Crippen molar-refractivity contribution in [3.8, 4) is 0 Å². The molecule has 140 valence electrons. The number of alkyl halides is 3. The third kappa shape index (κ3) is 5.33. The van der Waals surface area contributed by atoms with Crippen LogP contribution in [-0.2, 0) is 14.3 Å². The van der Waals surface area contributed by atoms with Crippen LogP contribution >= 0.6 is 0 Å². The molecule has 1 aromatic heterocycles. The van der Waals surface area contributed by atoms with E-state index in [1.54, 1.807) is 19.2 Å². The number of nitrogens with one attached hydrogen (secondary N) is 2. The van der Waals surface area contributed by atoms with E-state index in [0.717, 1.165) is 5.56 Å². The molecule has 0 aliphatic carbocycles. The van der Waals surface area contributed by atoms with Gasteiger partial charge < -0.3 is 15.4 Å². The van der Waals surface area contributed by atoms with E-state index in [4.69, 9.17) is 0 Å². The number of aromatic nitrogens is 1. The number of unbranched alkanes of at least 4 members (excludes halogenated alkanes) is 1. The Hall–Kier alpha value is -2.32. The molecule has 0 aliphatic rings. The molecule has 0 aromatic carbocycles. The maximum Gasteiger partial charge on any atom is 0.441 e. The van der Waals surface area contributed by atoms with E-state index in [9.17, 15) is 22.8 Å². The molecule has 9 heteroatoms. The lowest BCUT2D eigenvalue weighted by atomic mass is 10.1. The minimum Gasteiger partial charge on any atom is -0.463 e. The Morgan fingerprint density at radius 3 is 2.40 bits per heavy atom. The van der Waals surface area contributed by atoms with Crippen molar-refractivity contribution in [3.63, 3.8) is 0 Å². The van der Waals surface area contributed by atoms with Crippen molar-refractivity contribution in [1.82, 2.24) is 10.3 Å². The van der Waals surface area contributed by atoms with E-state index in [1.807, 2.05) is 5.32 Å². The molecular weight excluding hydrogens is 339 g/mol. The van der Waals surface area contributed by atoms with Crippen molar-refractivity contribution in [2.24, 2.45) is 0 Å². The fraction of sp³-hybridized carbons (Fsp3) is 0.562. The van der Waals surface area contributed by atoms with Crippen LogP contribution in [0.25, 0.3) is 0 Å². The number of anilines is 1. The maximum absolute atomic E-state index is 13.8. The second-order valence-corrected chi connectivity index (χ2v) is 5.47. The number of esters is 1. The summed E-state index contributed by atoms with van der Waals surface area (Å²) in [7, 11) is 0. The zero-order valence-electron chi connectivity index (χ0n) is 14.4. The SMILES string of the molecule is CCCCC(=O)N[C@@](Nc1ccc(C)cn1)(C(=O)OCC)C(F)(F)F. The number of carbonyl (C=O) groups excluding carboxylic acids is 2. The predicted octanol–water partition coefficient (Wildman–Crippen LogP) is 2.93. The summed E-state index contributed by atoms with van der Waals surface area (Å²) in [5.41, 5.74) is -2.68. The second kappa shape index (κ2) is 8.68. The van der Waals surface area contributed by atoms with Crippen molar-refractivity contribution in [1.29, 1.82) is 0 Å². The number of rotatable bonds is 8. The smallest absolute Gasteiger partial charge is 0.441 e. The third-order valence-corrected chi connectivity index (χ3v) is 3.32. The van der Waals surface area contributed by atoms with Crippen LogP contribution < -0.4 is 10.6 Å².